The molecule has 3 rings (SSSR count). The fraction of sp³-hybridized carbons (Fsp3) is 0.250. The van der Waals surface area contributed by atoms with Gasteiger partial charge in [-0.3, -0.25) is 0 Å². The van der Waals surface area contributed by atoms with Gasteiger partial charge in [0.25, 0.3) is 0 Å². The maximum absolute atomic E-state index is 2.34. The lowest BCUT2D eigenvalue weighted by Gasteiger charge is -2.28. The second-order valence-corrected chi connectivity index (χ2v) is 10.7. The largest absolute Gasteiger partial charge is 0.112 e. The van der Waals surface area contributed by atoms with E-state index in [0.29, 0.717) is 0 Å². The van der Waals surface area contributed by atoms with E-state index in [1.54, 1.807) is 0 Å². The summed E-state index contributed by atoms with van der Waals surface area (Å²) in [5, 5.41) is 4.49. The molecule has 0 radical (unpaired) electrons. The van der Waals surface area contributed by atoms with Gasteiger partial charge in [-0.25, -0.2) is 0 Å². The van der Waals surface area contributed by atoms with Crippen LogP contribution in [-0.4, -0.2) is 6.16 Å². The van der Waals surface area contributed by atoms with E-state index in [4.69, 9.17) is 0 Å². The SMILES string of the molecule is CC(C)CCC[P+](c1ccccc1)(c1ccccc1)c1ccccc1. The fourth-order valence-electron chi connectivity index (χ4n) is 3.62. The van der Waals surface area contributed by atoms with Crippen LogP contribution in [0.5, 0.6) is 0 Å². The van der Waals surface area contributed by atoms with Crippen LogP contribution in [0.4, 0.5) is 0 Å². The summed E-state index contributed by atoms with van der Waals surface area (Å²) in [5.41, 5.74) is 0. The molecular formula is C24H28P+. The van der Waals surface area contributed by atoms with Crippen molar-refractivity contribution >= 4 is 23.2 Å². The molecule has 0 amide bonds. The molecule has 0 unspecified atom stereocenters. The molecule has 0 aromatic heterocycles. The number of rotatable bonds is 7. The third-order valence-electron chi connectivity index (χ3n) is 4.87. The van der Waals surface area contributed by atoms with Crippen molar-refractivity contribution in [3.05, 3.63) is 91.0 Å². The Morgan fingerprint density at radius 1 is 0.600 bits per heavy atom. The topological polar surface area (TPSA) is 0 Å². The molecule has 0 aliphatic rings. The second-order valence-electron chi connectivity index (χ2n) is 7.08. The highest BCUT2D eigenvalue weighted by atomic mass is 31.2. The van der Waals surface area contributed by atoms with E-state index in [1.165, 1.54) is 34.9 Å². The Bertz CT molecular complexity index is 651. The van der Waals surface area contributed by atoms with Crippen molar-refractivity contribution in [2.45, 2.75) is 26.7 Å². The highest BCUT2D eigenvalue weighted by molar-refractivity contribution is 7.95. The van der Waals surface area contributed by atoms with E-state index in [1.807, 2.05) is 0 Å². The van der Waals surface area contributed by atoms with Crippen molar-refractivity contribution in [3.8, 4) is 0 Å². The Hall–Kier alpha value is -1.91. The Balaban J connectivity index is 2.16. The van der Waals surface area contributed by atoms with Gasteiger partial charge in [0.2, 0.25) is 0 Å². The second kappa shape index (κ2) is 8.45. The lowest BCUT2D eigenvalue weighted by atomic mass is 10.1. The van der Waals surface area contributed by atoms with E-state index in [-0.39, 0.29) is 0 Å². The summed E-state index contributed by atoms with van der Waals surface area (Å²) in [5.74, 6) is 0.754. The first kappa shape index (κ1) is 17.9. The summed E-state index contributed by atoms with van der Waals surface area (Å²) in [7, 11) is -1.61. The van der Waals surface area contributed by atoms with Crippen LogP contribution in [0, 0.1) is 5.92 Å². The molecule has 0 bridgehead atoms. The van der Waals surface area contributed by atoms with E-state index in [9.17, 15) is 0 Å². The molecule has 0 heterocycles. The Morgan fingerprint density at radius 3 is 1.28 bits per heavy atom. The minimum atomic E-state index is -1.61. The Labute approximate surface area is 153 Å². The van der Waals surface area contributed by atoms with Gasteiger partial charge in [-0.2, -0.15) is 0 Å². The van der Waals surface area contributed by atoms with Crippen LogP contribution in [0.15, 0.2) is 91.0 Å². The van der Waals surface area contributed by atoms with Crippen molar-refractivity contribution < 1.29 is 0 Å². The molecule has 0 aliphatic heterocycles. The zero-order valence-corrected chi connectivity index (χ0v) is 16.2. The predicted octanol–water partition coefficient (Wildman–Crippen LogP) is 5.42. The van der Waals surface area contributed by atoms with Crippen LogP contribution >= 0.6 is 7.26 Å². The van der Waals surface area contributed by atoms with Crippen molar-refractivity contribution in [1.29, 1.82) is 0 Å². The minimum Gasteiger partial charge on any atom is -0.0628 e. The molecule has 0 saturated carbocycles. The minimum absolute atomic E-state index is 0.754. The molecule has 0 atom stereocenters. The summed E-state index contributed by atoms with van der Waals surface area (Å²) < 4.78 is 0. The van der Waals surface area contributed by atoms with Crippen molar-refractivity contribution in [2.24, 2.45) is 5.92 Å². The highest BCUT2D eigenvalue weighted by Crippen LogP contribution is 2.56. The molecule has 0 nitrogen and oxygen atoms in total. The van der Waals surface area contributed by atoms with Gasteiger partial charge in [-0.1, -0.05) is 68.4 Å². The number of benzene rings is 3. The summed E-state index contributed by atoms with van der Waals surface area (Å²) in [6, 6.07) is 33.6. The molecule has 0 spiro atoms. The van der Waals surface area contributed by atoms with Crippen LogP contribution in [0.3, 0.4) is 0 Å². The molecule has 3 aromatic carbocycles. The molecule has 128 valence electrons. The third kappa shape index (κ3) is 4.02. The monoisotopic (exact) mass is 347 g/mol. The van der Waals surface area contributed by atoms with Gasteiger partial charge in [-0.15, -0.1) is 0 Å². The first-order valence-corrected chi connectivity index (χ1v) is 11.3. The maximum Gasteiger partial charge on any atom is 0.112 e. The van der Waals surface area contributed by atoms with Crippen molar-refractivity contribution in [3.63, 3.8) is 0 Å². The fourth-order valence-corrected chi connectivity index (χ4v) is 7.99. The smallest absolute Gasteiger partial charge is 0.0628 e. The third-order valence-corrected chi connectivity index (χ3v) is 9.39. The molecule has 0 aliphatic carbocycles. The van der Waals surface area contributed by atoms with Gasteiger partial charge in [-0.05, 0) is 55.2 Å². The van der Waals surface area contributed by atoms with E-state index in [0.717, 1.165) is 5.92 Å². The van der Waals surface area contributed by atoms with Crippen LogP contribution in [0.2, 0.25) is 0 Å². The summed E-state index contributed by atoms with van der Waals surface area (Å²) >= 11 is 0. The van der Waals surface area contributed by atoms with Gasteiger partial charge in [0.1, 0.15) is 23.2 Å². The molecule has 3 aromatic rings. The van der Waals surface area contributed by atoms with Crippen LogP contribution < -0.4 is 15.9 Å². The van der Waals surface area contributed by atoms with Gasteiger partial charge in [0, 0.05) is 0 Å². The highest BCUT2D eigenvalue weighted by Gasteiger charge is 2.44. The van der Waals surface area contributed by atoms with Crippen LogP contribution in [0.25, 0.3) is 0 Å². The van der Waals surface area contributed by atoms with Gasteiger partial charge in [0.15, 0.2) is 0 Å². The zero-order valence-electron chi connectivity index (χ0n) is 15.3. The van der Waals surface area contributed by atoms with E-state index in [2.05, 4.69) is 105 Å². The molecule has 0 fully saturated rings. The lowest BCUT2D eigenvalue weighted by molar-refractivity contribution is 0.578. The average molecular weight is 347 g/mol. The van der Waals surface area contributed by atoms with Gasteiger partial charge >= 0.3 is 0 Å². The van der Waals surface area contributed by atoms with Crippen LogP contribution in [-0.2, 0) is 0 Å². The molecule has 0 saturated heterocycles. The van der Waals surface area contributed by atoms with Gasteiger partial charge in [0.05, 0.1) is 6.16 Å². The molecular weight excluding hydrogens is 319 g/mol. The predicted molar refractivity (Wildman–Crippen MR) is 114 cm³/mol. The normalized spacial score (nSPS) is 11.6. The zero-order chi connectivity index (χ0) is 17.5. The lowest BCUT2D eigenvalue weighted by Crippen LogP contribution is -2.33. The van der Waals surface area contributed by atoms with E-state index < -0.39 is 7.26 Å². The standard InChI is InChI=1S/C24H28P/c1-21(2)13-12-20-25(22-14-6-3-7-15-22,23-16-8-4-9-17-23)24-18-10-5-11-19-24/h3-11,14-19,21H,12-13,20H2,1-2H3/q+1. The van der Waals surface area contributed by atoms with Gasteiger partial charge < -0.3 is 0 Å². The van der Waals surface area contributed by atoms with E-state index >= 15 is 0 Å². The summed E-state index contributed by atoms with van der Waals surface area (Å²) in [4.78, 5) is 0. The Kier molecular flexibility index (Phi) is 6.05. The van der Waals surface area contributed by atoms with Crippen molar-refractivity contribution in [2.75, 3.05) is 6.16 Å². The van der Waals surface area contributed by atoms with Crippen molar-refractivity contribution in [1.82, 2.24) is 0 Å². The summed E-state index contributed by atoms with van der Waals surface area (Å²) in [6.07, 6.45) is 3.79. The summed E-state index contributed by atoms with van der Waals surface area (Å²) in [6.45, 7) is 4.65. The maximum atomic E-state index is 2.34. The number of hydrogen-bond acceptors (Lipinski definition) is 0. The van der Waals surface area contributed by atoms with Crippen LogP contribution in [0.1, 0.15) is 26.7 Å². The first-order valence-electron chi connectivity index (χ1n) is 9.28. The first-order chi connectivity index (χ1) is 12.2. The molecule has 25 heavy (non-hydrogen) atoms. The Morgan fingerprint density at radius 2 is 0.960 bits per heavy atom. The number of hydrogen-bond donors (Lipinski definition) is 0. The molecule has 1 heteroatoms. The molecule has 0 N–H and O–H groups in total. The quantitative estimate of drug-likeness (QED) is 0.501. The average Bonchev–Trinajstić information content (AvgIpc) is 2.67.